The molecule has 1 aromatic heterocycles. The van der Waals surface area contributed by atoms with Gasteiger partial charge < -0.3 is 15.0 Å². The minimum Gasteiger partial charge on any atom is -0.466 e. The molecule has 2 aromatic carbocycles. The molecule has 1 aliphatic heterocycles. The van der Waals surface area contributed by atoms with Gasteiger partial charge in [0.25, 0.3) is 0 Å². The lowest BCUT2D eigenvalue weighted by atomic mass is 9.96. The SMILES string of the molecule is COC(=O)C=Cc1ccc(NC(=O)CC2CCc3cc(Br)cc4[nH]c(=O)c(=O)n2c34)cc1. The summed E-state index contributed by atoms with van der Waals surface area (Å²) in [7, 11) is 1.31. The van der Waals surface area contributed by atoms with E-state index in [0.717, 1.165) is 15.6 Å². The Morgan fingerprint density at radius 1 is 1.25 bits per heavy atom. The maximum Gasteiger partial charge on any atom is 0.330 e. The van der Waals surface area contributed by atoms with E-state index in [-0.39, 0.29) is 12.3 Å². The number of nitrogens with zero attached hydrogens (tertiary/aromatic N) is 1. The van der Waals surface area contributed by atoms with Crippen molar-refractivity contribution in [2.75, 3.05) is 12.4 Å². The molecule has 1 atom stereocenters. The molecule has 0 saturated carbocycles. The van der Waals surface area contributed by atoms with Gasteiger partial charge in [0.15, 0.2) is 0 Å². The van der Waals surface area contributed by atoms with E-state index in [2.05, 4.69) is 31.0 Å². The van der Waals surface area contributed by atoms with Gasteiger partial charge >= 0.3 is 17.1 Å². The van der Waals surface area contributed by atoms with E-state index in [1.165, 1.54) is 17.8 Å². The molecule has 1 unspecified atom stereocenters. The molecule has 9 heteroatoms. The molecule has 164 valence electrons. The lowest BCUT2D eigenvalue weighted by molar-refractivity contribution is -0.134. The van der Waals surface area contributed by atoms with Gasteiger partial charge in [0.2, 0.25) is 5.91 Å². The standard InChI is InChI=1S/C23H20BrN3O5/c1-32-20(29)9-4-13-2-6-16(7-3-13)25-19(28)12-17-8-5-14-10-15(24)11-18-21(14)27(17)23(31)22(30)26-18/h2-4,6-7,9-11,17H,5,8,12H2,1H3,(H,25,28)(H,26,30). The van der Waals surface area contributed by atoms with Crippen LogP contribution in [0.3, 0.4) is 0 Å². The molecule has 8 nitrogen and oxygen atoms in total. The van der Waals surface area contributed by atoms with Crippen molar-refractivity contribution in [1.82, 2.24) is 9.55 Å². The summed E-state index contributed by atoms with van der Waals surface area (Å²) in [6.45, 7) is 0. The number of methoxy groups -OCH3 is 1. The zero-order chi connectivity index (χ0) is 22.8. The van der Waals surface area contributed by atoms with Crippen LogP contribution in [0.2, 0.25) is 0 Å². The third-order valence-electron chi connectivity index (χ3n) is 5.40. The summed E-state index contributed by atoms with van der Waals surface area (Å²) in [5.41, 5.74) is 2.21. The lowest BCUT2D eigenvalue weighted by Gasteiger charge is -2.27. The first-order valence-electron chi connectivity index (χ1n) is 9.98. The van der Waals surface area contributed by atoms with Crippen molar-refractivity contribution in [3.63, 3.8) is 0 Å². The average molecular weight is 498 g/mol. The molecule has 0 fully saturated rings. The van der Waals surface area contributed by atoms with Gasteiger partial charge in [-0.15, -0.1) is 0 Å². The molecule has 1 amide bonds. The van der Waals surface area contributed by atoms with Crippen LogP contribution in [0.25, 0.3) is 17.1 Å². The Morgan fingerprint density at radius 3 is 2.72 bits per heavy atom. The Hall–Kier alpha value is -3.46. The summed E-state index contributed by atoms with van der Waals surface area (Å²) < 4.78 is 6.83. The number of esters is 1. The number of amides is 1. The predicted octanol–water partition coefficient (Wildman–Crippen LogP) is 3.15. The van der Waals surface area contributed by atoms with Crippen LogP contribution in [0.4, 0.5) is 5.69 Å². The van der Waals surface area contributed by atoms with Crippen molar-refractivity contribution in [1.29, 1.82) is 0 Å². The van der Waals surface area contributed by atoms with Crippen LogP contribution in [-0.4, -0.2) is 28.5 Å². The highest BCUT2D eigenvalue weighted by molar-refractivity contribution is 9.10. The quantitative estimate of drug-likeness (QED) is 0.319. The first kappa shape index (κ1) is 21.8. The van der Waals surface area contributed by atoms with Crippen LogP contribution >= 0.6 is 15.9 Å². The molecular weight excluding hydrogens is 478 g/mol. The van der Waals surface area contributed by atoms with Crippen LogP contribution < -0.4 is 16.4 Å². The number of ether oxygens (including phenoxy) is 1. The number of nitrogens with one attached hydrogen (secondary N) is 2. The number of halogens is 1. The molecule has 3 aromatic rings. The Bertz CT molecular complexity index is 1360. The minimum atomic E-state index is -0.704. The van der Waals surface area contributed by atoms with Gasteiger partial charge in [0.1, 0.15) is 0 Å². The van der Waals surface area contributed by atoms with Gasteiger partial charge in [-0.1, -0.05) is 28.1 Å². The van der Waals surface area contributed by atoms with E-state index in [9.17, 15) is 19.2 Å². The normalized spacial score (nSPS) is 15.1. The lowest BCUT2D eigenvalue weighted by Crippen LogP contribution is -2.41. The number of carbonyl (C=O) groups excluding carboxylic acids is 2. The van der Waals surface area contributed by atoms with Crippen molar-refractivity contribution in [2.45, 2.75) is 25.3 Å². The minimum absolute atomic E-state index is 0.0674. The van der Waals surface area contributed by atoms with Gasteiger partial charge in [0.05, 0.1) is 18.1 Å². The van der Waals surface area contributed by atoms with Crippen molar-refractivity contribution in [3.8, 4) is 0 Å². The number of hydrogen-bond donors (Lipinski definition) is 2. The molecule has 0 aliphatic carbocycles. The summed E-state index contributed by atoms with van der Waals surface area (Å²) in [6, 6.07) is 10.2. The van der Waals surface area contributed by atoms with E-state index in [0.29, 0.717) is 29.6 Å². The van der Waals surface area contributed by atoms with E-state index in [1.807, 2.05) is 6.07 Å². The number of H-pyrrole nitrogens is 1. The third kappa shape index (κ3) is 4.43. The maximum absolute atomic E-state index is 12.7. The zero-order valence-corrected chi connectivity index (χ0v) is 18.8. The van der Waals surface area contributed by atoms with Crippen LogP contribution in [0.1, 0.15) is 30.0 Å². The van der Waals surface area contributed by atoms with Crippen molar-refractivity contribution < 1.29 is 14.3 Å². The molecule has 2 N–H and O–H groups in total. The highest BCUT2D eigenvalue weighted by atomic mass is 79.9. The average Bonchev–Trinajstić information content (AvgIpc) is 2.77. The van der Waals surface area contributed by atoms with Crippen LogP contribution in [-0.2, 0) is 20.7 Å². The topological polar surface area (TPSA) is 110 Å². The second-order valence-corrected chi connectivity index (χ2v) is 8.43. The highest BCUT2D eigenvalue weighted by Gasteiger charge is 2.26. The van der Waals surface area contributed by atoms with Gasteiger partial charge in [0, 0.05) is 28.7 Å². The van der Waals surface area contributed by atoms with Crippen LogP contribution in [0.5, 0.6) is 0 Å². The first-order chi connectivity index (χ1) is 15.4. The fourth-order valence-electron chi connectivity index (χ4n) is 3.94. The molecule has 0 spiro atoms. The smallest absolute Gasteiger partial charge is 0.330 e. The van der Waals surface area contributed by atoms with Gasteiger partial charge in [-0.05, 0) is 54.3 Å². The van der Waals surface area contributed by atoms with Gasteiger partial charge in [-0.25, -0.2) is 4.79 Å². The fourth-order valence-corrected chi connectivity index (χ4v) is 4.45. The number of hydrogen-bond acceptors (Lipinski definition) is 5. The summed E-state index contributed by atoms with van der Waals surface area (Å²) in [6.07, 6.45) is 4.26. The van der Waals surface area contributed by atoms with Gasteiger partial charge in [-0.2, -0.15) is 0 Å². The largest absolute Gasteiger partial charge is 0.466 e. The number of benzene rings is 2. The van der Waals surface area contributed by atoms with Crippen LogP contribution in [0.15, 0.2) is 56.5 Å². The predicted molar refractivity (Wildman–Crippen MR) is 125 cm³/mol. The van der Waals surface area contributed by atoms with Crippen molar-refractivity contribution in [3.05, 3.63) is 78.8 Å². The van der Waals surface area contributed by atoms with Gasteiger partial charge in [-0.3, -0.25) is 19.0 Å². The number of aromatic amines is 1. The van der Waals surface area contributed by atoms with E-state index in [4.69, 9.17) is 0 Å². The van der Waals surface area contributed by atoms with E-state index in [1.54, 1.807) is 36.4 Å². The molecule has 1 aliphatic rings. The molecule has 2 heterocycles. The Balaban J connectivity index is 1.53. The summed E-state index contributed by atoms with van der Waals surface area (Å²) in [5, 5.41) is 2.83. The highest BCUT2D eigenvalue weighted by Crippen LogP contribution is 2.32. The molecule has 4 rings (SSSR count). The molecular formula is C23H20BrN3O5. The monoisotopic (exact) mass is 497 g/mol. The Morgan fingerprint density at radius 2 is 2.00 bits per heavy atom. The zero-order valence-electron chi connectivity index (χ0n) is 17.2. The summed E-state index contributed by atoms with van der Waals surface area (Å²) >= 11 is 3.43. The number of carbonyl (C=O) groups is 2. The van der Waals surface area contributed by atoms with E-state index >= 15 is 0 Å². The van der Waals surface area contributed by atoms with Crippen molar-refractivity contribution >= 4 is 50.6 Å². The number of aryl methyl sites for hydroxylation is 1. The number of anilines is 1. The molecule has 0 bridgehead atoms. The Labute approximate surface area is 191 Å². The molecule has 0 saturated heterocycles. The number of rotatable bonds is 5. The van der Waals surface area contributed by atoms with E-state index < -0.39 is 23.1 Å². The first-order valence-corrected chi connectivity index (χ1v) is 10.8. The summed E-state index contributed by atoms with van der Waals surface area (Å²) in [5.74, 6) is -0.707. The molecule has 0 radical (unpaired) electrons. The molecule has 32 heavy (non-hydrogen) atoms. The second kappa shape index (κ2) is 8.96. The maximum atomic E-state index is 12.7. The third-order valence-corrected chi connectivity index (χ3v) is 5.85. The van der Waals surface area contributed by atoms with Crippen LogP contribution in [0, 0.1) is 0 Å². The Kier molecular flexibility index (Phi) is 6.09. The fraction of sp³-hybridized carbons (Fsp3) is 0.217. The van der Waals surface area contributed by atoms with Crippen molar-refractivity contribution in [2.24, 2.45) is 0 Å². The summed E-state index contributed by atoms with van der Waals surface area (Å²) in [4.78, 5) is 51.3. The number of aromatic nitrogens is 2. The second-order valence-electron chi connectivity index (χ2n) is 7.51.